The number of rotatable bonds is 6. The molecule has 0 aromatic heterocycles. The van der Waals surface area contributed by atoms with Gasteiger partial charge >= 0.3 is 0 Å². The molecule has 1 aliphatic rings. The minimum absolute atomic E-state index is 0.714. The number of hydrogen-bond donors (Lipinski definition) is 1. The van der Waals surface area contributed by atoms with Gasteiger partial charge in [0.05, 0.1) is 0 Å². The van der Waals surface area contributed by atoms with E-state index in [2.05, 4.69) is 26.1 Å². The maximum atomic E-state index is 3.74. The zero-order valence-electron chi connectivity index (χ0n) is 11.6. The third kappa shape index (κ3) is 6.52. The lowest BCUT2D eigenvalue weighted by molar-refractivity contribution is 0.377. The largest absolute Gasteiger partial charge is 0.314 e. The molecular weight excluding hydrogens is 194 g/mol. The Labute approximate surface area is 102 Å². The van der Waals surface area contributed by atoms with Gasteiger partial charge in [0.25, 0.3) is 0 Å². The van der Waals surface area contributed by atoms with Gasteiger partial charge in [0.2, 0.25) is 0 Å². The van der Waals surface area contributed by atoms with E-state index < -0.39 is 0 Å². The minimum Gasteiger partial charge on any atom is -0.314 e. The van der Waals surface area contributed by atoms with Gasteiger partial charge in [0.1, 0.15) is 0 Å². The molecule has 1 N–H and O–H groups in total. The molecule has 0 bridgehead atoms. The van der Waals surface area contributed by atoms with Crippen LogP contribution in [0.3, 0.4) is 0 Å². The fourth-order valence-corrected chi connectivity index (χ4v) is 2.62. The van der Waals surface area contributed by atoms with Gasteiger partial charge in [-0.25, -0.2) is 0 Å². The molecule has 0 aromatic rings. The van der Waals surface area contributed by atoms with E-state index in [1.807, 2.05) is 0 Å². The average Bonchev–Trinajstić information content (AvgIpc) is 2.51. The van der Waals surface area contributed by atoms with Gasteiger partial charge in [0, 0.05) is 6.04 Å². The molecule has 1 rings (SSSR count). The predicted octanol–water partition coefficient (Wildman–Crippen LogP) is 4.37. The highest BCUT2D eigenvalue weighted by Gasteiger charge is 2.13. The molecule has 0 spiro atoms. The average molecular weight is 225 g/mol. The van der Waals surface area contributed by atoms with Crippen molar-refractivity contribution in [1.82, 2.24) is 5.32 Å². The fraction of sp³-hybridized carbons (Fsp3) is 1.00. The van der Waals surface area contributed by atoms with Crippen LogP contribution in [0.25, 0.3) is 0 Å². The second kappa shape index (κ2) is 8.11. The molecular formula is C15H31N. The van der Waals surface area contributed by atoms with Crippen LogP contribution in [-0.4, -0.2) is 12.6 Å². The molecule has 1 aliphatic carbocycles. The molecule has 0 amide bonds. The number of hydrogen-bond acceptors (Lipinski definition) is 1. The molecule has 16 heavy (non-hydrogen) atoms. The second-order valence-corrected chi connectivity index (χ2v) is 6.14. The molecule has 0 aromatic carbocycles. The summed E-state index contributed by atoms with van der Waals surface area (Å²) in [6, 6.07) is 0.714. The molecule has 0 aliphatic heterocycles. The monoisotopic (exact) mass is 225 g/mol. The topological polar surface area (TPSA) is 12.0 Å². The second-order valence-electron chi connectivity index (χ2n) is 6.14. The van der Waals surface area contributed by atoms with Crippen molar-refractivity contribution < 1.29 is 0 Å². The van der Waals surface area contributed by atoms with E-state index >= 15 is 0 Å². The van der Waals surface area contributed by atoms with Crippen LogP contribution in [0.1, 0.15) is 72.1 Å². The van der Waals surface area contributed by atoms with Crippen LogP contribution in [0.5, 0.6) is 0 Å². The molecule has 1 nitrogen and oxygen atoms in total. The summed E-state index contributed by atoms with van der Waals surface area (Å²) in [7, 11) is 0. The minimum atomic E-state index is 0.714. The van der Waals surface area contributed by atoms with E-state index in [9.17, 15) is 0 Å². The van der Waals surface area contributed by atoms with Gasteiger partial charge in [0.15, 0.2) is 0 Å². The first kappa shape index (κ1) is 14.0. The highest BCUT2D eigenvalue weighted by Crippen LogP contribution is 2.22. The zero-order valence-corrected chi connectivity index (χ0v) is 11.6. The highest BCUT2D eigenvalue weighted by atomic mass is 14.9. The maximum absolute atomic E-state index is 3.74. The van der Waals surface area contributed by atoms with Gasteiger partial charge in [-0.1, -0.05) is 39.5 Å². The Morgan fingerprint density at radius 1 is 0.938 bits per heavy atom. The Bertz CT molecular complexity index is 157. The van der Waals surface area contributed by atoms with Crippen LogP contribution in [0, 0.1) is 11.8 Å². The summed E-state index contributed by atoms with van der Waals surface area (Å²) in [6.45, 7) is 8.24. The third-order valence-corrected chi connectivity index (χ3v) is 3.91. The van der Waals surface area contributed by atoms with E-state index in [1.165, 1.54) is 57.9 Å². The summed E-state index contributed by atoms with van der Waals surface area (Å²) < 4.78 is 0. The van der Waals surface area contributed by atoms with Crippen LogP contribution >= 0.6 is 0 Å². The Morgan fingerprint density at radius 3 is 2.12 bits per heavy atom. The number of nitrogens with one attached hydrogen (secondary N) is 1. The summed E-state index contributed by atoms with van der Waals surface area (Å²) >= 11 is 0. The van der Waals surface area contributed by atoms with E-state index in [4.69, 9.17) is 0 Å². The summed E-state index contributed by atoms with van der Waals surface area (Å²) in [5.74, 6) is 1.81. The quantitative estimate of drug-likeness (QED) is 0.662. The smallest absolute Gasteiger partial charge is 0.00389 e. The van der Waals surface area contributed by atoms with Crippen LogP contribution in [-0.2, 0) is 0 Å². The standard InChI is InChI=1S/C15H31N/c1-13(2)10-11-14(3)16-12-15-8-6-4-5-7-9-15/h13-16H,4-12H2,1-3H3. The first-order chi connectivity index (χ1) is 7.68. The van der Waals surface area contributed by atoms with Crippen molar-refractivity contribution in [3.8, 4) is 0 Å². The molecule has 0 heterocycles. The molecule has 1 heteroatoms. The zero-order chi connectivity index (χ0) is 11.8. The van der Waals surface area contributed by atoms with Crippen molar-refractivity contribution in [1.29, 1.82) is 0 Å². The van der Waals surface area contributed by atoms with Gasteiger partial charge in [-0.05, 0) is 51.0 Å². The fourth-order valence-electron chi connectivity index (χ4n) is 2.62. The van der Waals surface area contributed by atoms with Gasteiger partial charge in [-0.3, -0.25) is 0 Å². The van der Waals surface area contributed by atoms with Crippen molar-refractivity contribution in [2.24, 2.45) is 11.8 Å². The first-order valence-corrected chi connectivity index (χ1v) is 7.42. The van der Waals surface area contributed by atoms with Crippen molar-refractivity contribution in [3.05, 3.63) is 0 Å². The van der Waals surface area contributed by atoms with Crippen molar-refractivity contribution in [2.45, 2.75) is 78.2 Å². The normalized spacial score (nSPS) is 21.0. The summed E-state index contributed by atoms with van der Waals surface area (Å²) in [5.41, 5.74) is 0. The van der Waals surface area contributed by atoms with E-state index in [1.54, 1.807) is 0 Å². The van der Waals surface area contributed by atoms with Crippen LogP contribution in [0.15, 0.2) is 0 Å². The Hall–Kier alpha value is -0.0400. The molecule has 96 valence electrons. The van der Waals surface area contributed by atoms with E-state index in [0.717, 1.165) is 11.8 Å². The first-order valence-electron chi connectivity index (χ1n) is 7.42. The lowest BCUT2D eigenvalue weighted by Crippen LogP contribution is -2.31. The highest BCUT2D eigenvalue weighted by molar-refractivity contribution is 4.70. The molecule has 1 unspecified atom stereocenters. The molecule has 1 fully saturated rings. The van der Waals surface area contributed by atoms with Crippen molar-refractivity contribution >= 4 is 0 Å². The molecule has 1 atom stereocenters. The van der Waals surface area contributed by atoms with E-state index in [-0.39, 0.29) is 0 Å². The molecule has 0 radical (unpaired) electrons. The van der Waals surface area contributed by atoms with Gasteiger partial charge in [-0.2, -0.15) is 0 Å². The van der Waals surface area contributed by atoms with Gasteiger partial charge < -0.3 is 5.32 Å². The summed E-state index contributed by atoms with van der Waals surface area (Å²) in [6.07, 6.45) is 11.5. The summed E-state index contributed by atoms with van der Waals surface area (Å²) in [4.78, 5) is 0. The Morgan fingerprint density at radius 2 is 1.56 bits per heavy atom. The maximum Gasteiger partial charge on any atom is 0.00389 e. The lowest BCUT2D eigenvalue weighted by Gasteiger charge is -2.20. The van der Waals surface area contributed by atoms with Gasteiger partial charge in [-0.15, -0.1) is 0 Å². The van der Waals surface area contributed by atoms with Crippen molar-refractivity contribution in [2.75, 3.05) is 6.54 Å². The SMILES string of the molecule is CC(C)CCC(C)NCC1CCCCCC1. The predicted molar refractivity (Wildman–Crippen MR) is 72.7 cm³/mol. The third-order valence-electron chi connectivity index (χ3n) is 3.91. The molecule has 1 saturated carbocycles. The Balaban J connectivity index is 2.07. The molecule has 0 saturated heterocycles. The van der Waals surface area contributed by atoms with Crippen LogP contribution in [0.4, 0.5) is 0 Å². The van der Waals surface area contributed by atoms with E-state index in [0.29, 0.717) is 6.04 Å². The van der Waals surface area contributed by atoms with Crippen LogP contribution < -0.4 is 5.32 Å². The lowest BCUT2D eigenvalue weighted by atomic mass is 9.99. The van der Waals surface area contributed by atoms with Crippen LogP contribution in [0.2, 0.25) is 0 Å². The Kier molecular flexibility index (Phi) is 7.11. The summed E-state index contributed by atoms with van der Waals surface area (Å²) in [5, 5.41) is 3.74. The van der Waals surface area contributed by atoms with Crippen molar-refractivity contribution in [3.63, 3.8) is 0 Å².